The molecule has 1 fully saturated rings. The van der Waals surface area contributed by atoms with Crippen molar-refractivity contribution in [1.29, 1.82) is 0 Å². The average molecular weight is 393 g/mol. The fourth-order valence-corrected chi connectivity index (χ4v) is 3.03. The van der Waals surface area contributed by atoms with E-state index in [1.54, 1.807) is 7.11 Å². The zero-order chi connectivity index (χ0) is 20.0. The molecule has 0 bridgehead atoms. The van der Waals surface area contributed by atoms with Crippen molar-refractivity contribution in [2.45, 2.75) is 20.3 Å². The van der Waals surface area contributed by atoms with E-state index >= 15 is 0 Å². The van der Waals surface area contributed by atoms with Crippen molar-refractivity contribution in [3.05, 3.63) is 24.3 Å². The number of morpholine rings is 1. The van der Waals surface area contributed by atoms with Crippen LogP contribution in [0.15, 0.2) is 29.3 Å². The lowest BCUT2D eigenvalue weighted by Crippen LogP contribution is -2.39. The van der Waals surface area contributed by atoms with Crippen LogP contribution in [-0.4, -0.2) is 77.1 Å². The summed E-state index contributed by atoms with van der Waals surface area (Å²) in [7, 11) is 1.70. The van der Waals surface area contributed by atoms with Crippen LogP contribution in [0, 0.1) is 5.92 Å². The second-order valence-corrected chi connectivity index (χ2v) is 7.09. The molecule has 28 heavy (non-hydrogen) atoms. The molecule has 1 aliphatic rings. The highest BCUT2D eigenvalue weighted by Crippen LogP contribution is 2.17. The number of ether oxygens (including phenoxy) is 3. The Morgan fingerprint density at radius 3 is 2.86 bits per heavy atom. The van der Waals surface area contributed by atoms with Crippen LogP contribution in [0.1, 0.15) is 20.3 Å². The smallest absolute Gasteiger partial charge is 0.195 e. The molecule has 0 amide bonds. The molecule has 1 aliphatic heterocycles. The number of hydrogen-bond donors (Lipinski definition) is 2. The lowest BCUT2D eigenvalue weighted by Gasteiger charge is -2.28. The summed E-state index contributed by atoms with van der Waals surface area (Å²) in [5.41, 5.74) is 0.963. The minimum absolute atomic E-state index is 0.490. The Bertz CT molecular complexity index is 577. The van der Waals surface area contributed by atoms with Gasteiger partial charge in [-0.05, 0) is 25.0 Å². The highest BCUT2D eigenvalue weighted by atomic mass is 16.5. The molecular formula is C21H36N4O3. The van der Waals surface area contributed by atoms with E-state index in [0.29, 0.717) is 19.1 Å². The zero-order valence-corrected chi connectivity index (χ0v) is 17.6. The quantitative estimate of drug-likeness (QED) is 0.343. The Labute approximate surface area is 169 Å². The Morgan fingerprint density at radius 1 is 1.29 bits per heavy atom. The van der Waals surface area contributed by atoms with Gasteiger partial charge in [-0.25, -0.2) is 0 Å². The lowest BCUT2D eigenvalue weighted by molar-refractivity contribution is 0.0323. The molecule has 0 radical (unpaired) electrons. The number of anilines is 1. The highest BCUT2D eigenvalue weighted by molar-refractivity contribution is 5.93. The van der Waals surface area contributed by atoms with Crippen LogP contribution in [0.4, 0.5) is 5.69 Å². The second-order valence-electron chi connectivity index (χ2n) is 7.09. The molecule has 0 saturated carbocycles. The first-order valence-corrected chi connectivity index (χ1v) is 10.3. The summed E-state index contributed by atoms with van der Waals surface area (Å²) in [6.45, 7) is 12.0. The minimum Gasteiger partial charge on any atom is -0.493 e. The van der Waals surface area contributed by atoms with Crippen LogP contribution in [0.25, 0.3) is 0 Å². The van der Waals surface area contributed by atoms with Gasteiger partial charge in [-0.1, -0.05) is 13.0 Å². The normalized spacial score (nSPS) is 16.6. The van der Waals surface area contributed by atoms with E-state index in [-0.39, 0.29) is 0 Å². The number of methoxy groups -OCH3 is 1. The van der Waals surface area contributed by atoms with Crippen LogP contribution in [0.3, 0.4) is 0 Å². The molecule has 1 atom stereocenters. The molecule has 7 nitrogen and oxygen atoms in total. The van der Waals surface area contributed by atoms with Gasteiger partial charge in [0.1, 0.15) is 5.75 Å². The third-order valence-electron chi connectivity index (χ3n) is 4.44. The van der Waals surface area contributed by atoms with Crippen molar-refractivity contribution in [3.63, 3.8) is 0 Å². The number of hydrogen-bond acceptors (Lipinski definition) is 5. The van der Waals surface area contributed by atoms with Gasteiger partial charge >= 0.3 is 0 Å². The molecule has 1 saturated heterocycles. The van der Waals surface area contributed by atoms with Crippen LogP contribution < -0.4 is 15.4 Å². The van der Waals surface area contributed by atoms with E-state index in [4.69, 9.17) is 19.2 Å². The number of guanidine groups is 1. The van der Waals surface area contributed by atoms with Crippen molar-refractivity contribution in [2.75, 3.05) is 71.6 Å². The maximum atomic E-state index is 5.78. The van der Waals surface area contributed by atoms with Crippen molar-refractivity contribution >= 4 is 11.6 Å². The zero-order valence-electron chi connectivity index (χ0n) is 17.6. The van der Waals surface area contributed by atoms with E-state index in [1.807, 2.05) is 24.3 Å². The van der Waals surface area contributed by atoms with Gasteiger partial charge in [-0.3, -0.25) is 9.89 Å². The Kier molecular flexibility index (Phi) is 10.7. The SMILES string of the molecule is CCNC(=NCC(C)CN1CCOCC1)Nc1cccc(OCCCOC)c1. The van der Waals surface area contributed by atoms with Crippen LogP contribution >= 0.6 is 0 Å². The molecule has 1 aromatic carbocycles. The summed E-state index contributed by atoms with van der Waals surface area (Å²) < 4.78 is 16.2. The van der Waals surface area contributed by atoms with Gasteiger partial charge in [0.15, 0.2) is 5.96 Å². The van der Waals surface area contributed by atoms with Crippen molar-refractivity contribution < 1.29 is 14.2 Å². The van der Waals surface area contributed by atoms with Gasteiger partial charge in [0.2, 0.25) is 0 Å². The number of benzene rings is 1. The largest absolute Gasteiger partial charge is 0.493 e. The van der Waals surface area contributed by atoms with Crippen molar-refractivity contribution in [1.82, 2.24) is 10.2 Å². The van der Waals surface area contributed by atoms with E-state index < -0.39 is 0 Å². The van der Waals surface area contributed by atoms with Gasteiger partial charge < -0.3 is 24.8 Å². The fraction of sp³-hybridized carbons (Fsp3) is 0.667. The molecule has 158 valence electrons. The standard InChI is InChI=1S/C21H36N4O3/c1-4-22-21(23-16-18(2)17-25-9-13-27-14-10-25)24-19-7-5-8-20(15-19)28-12-6-11-26-3/h5,7-8,15,18H,4,6,9-14,16-17H2,1-3H3,(H2,22,23,24). The lowest BCUT2D eigenvalue weighted by atomic mass is 10.1. The Morgan fingerprint density at radius 2 is 2.11 bits per heavy atom. The molecular weight excluding hydrogens is 356 g/mol. The molecule has 0 spiro atoms. The number of rotatable bonds is 11. The number of nitrogens with zero attached hydrogens (tertiary/aromatic N) is 2. The molecule has 1 heterocycles. The molecule has 0 aliphatic carbocycles. The minimum atomic E-state index is 0.490. The van der Waals surface area contributed by atoms with E-state index in [0.717, 1.165) is 69.8 Å². The Hall–Kier alpha value is -1.83. The first-order chi connectivity index (χ1) is 13.7. The topological polar surface area (TPSA) is 67.4 Å². The van der Waals surface area contributed by atoms with E-state index in [1.165, 1.54) is 0 Å². The van der Waals surface area contributed by atoms with Crippen LogP contribution in [0.2, 0.25) is 0 Å². The average Bonchev–Trinajstić information content (AvgIpc) is 2.71. The molecule has 1 unspecified atom stereocenters. The number of aliphatic imine (C=N–C) groups is 1. The maximum Gasteiger partial charge on any atom is 0.195 e. The molecule has 2 N–H and O–H groups in total. The summed E-state index contributed by atoms with van der Waals surface area (Å²) in [6, 6.07) is 7.97. The summed E-state index contributed by atoms with van der Waals surface area (Å²) in [5, 5.41) is 6.70. The monoisotopic (exact) mass is 392 g/mol. The predicted octanol–water partition coefficient (Wildman–Crippen LogP) is 2.45. The van der Waals surface area contributed by atoms with Gasteiger partial charge in [0.25, 0.3) is 0 Å². The summed E-state index contributed by atoms with van der Waals surface area (Å²) >= 11 is 0. The Balaban J connectivity index is 1.85. The first kappa shape index (κ1) is 22.5. The van der Waals surface area contributed by atoms with E-state index in [9.17, 15) is 0 Å². The maximum absolute atomic E-state index is 5.78. The second kappa shape index (κ2) is 13.4. The van der Waals surface area contributed by atoms with Gasteiger partial charge in [-0.15, -0.1) is 0 Å². The first-order valence-electron chi connectivity index (χ1n) is 10.3. The van der Waals surface area contributed by atoms with E-state index in [2.05, 4.69) is 29.4 Å². The highest BCUT2D eigenvalue weighted by Gasteiger charge is 2.13. The summed E-state index contributed by atoms with van der Waals surface area (Å²) in [5.74, 6) is 2.13. The third-order valence-corrected chi connectivity index (χ3v) is 4.44. The molecule has 7 heteroatoms. The van der Waals surface area contributed by atoms with Gasteiger partial charge in [0, 0.05) is 64.6 Å². The third kappa shape index (κ3) is 8.91. The summed E-state index contributed by atoms with van der Waals surface area (Å²) in [4.78, 5) is 7.22. The molecule has 2 rings (SSSR count). The van der Waals surface area contributed by atoms with Gasteiger partial charge in [-0.2, -0.15) is 0 Å². The molecule has 0 aromatic heterocycles. The van der Waals surface area contributed by atoms with Crippen LogP contribution in [0.5, 0.6) is 5.75 Å². The van der Waals surface area contributed by atoms with Crippen molar-refractivity contribution in [3.8, 4) is 5.75 Å². The summed E-state index contributed by atoms with van der Waals surface area (Å²) in [6.07, 6.45) is 0.874. The molecule has 1 aromatic rings. The van der Waals surface area contributed by atoms with Gasteiger partial charge in [0.05, 0.1) is 19.8 Å². The fourth-order valence-electron chi connectivity index (χ4n) is 3.03. The van der Waals surface area contributed by atoms with Crippen LogP contribution in [-0.2, 0) is 9.47 Å². The van der Waals surface area contributed by atoms with Crippen molar-refractivity contribution in [2.24, 2.45) is 10.9 Å². The predicted molar refractivity (Wildman–Crippen MR) is 114 cm³/mol. The number of nitrogens with one attached hydrogen (secondary N) is 2.